The molecule has 3 rings (SSSR count). The quantitative estimate of drug-likeness (QED) is 0.523. The van der Waals surface area contributed by atoms with Gasteiger partial charge in [-0.05, 0) is 49.2 Å². The van der Waals surface area contributed by atoms with Crippen LogP contribution in [0.2, 0.25) is 10.0 Å². The van der Waals surface area contributed by atoms with Gasteiger partial charge >= 0.3 is 5.97 Å². The molecule has 0 spiro atoms. The van der Waals surface area contributed by atoms with Crippen molar-refractivity contribution < 1.29 is 23.9 Å². The molecular weight excluding hydrogens is 443 g/mol. The number of aryl methyl sites for hydroxylation is 2. The van der Waals surface area contributed by atoms with E-state index in [1.165, 1.54) is 18.2 Å². The van der Waals surface area contributed by atoms with Crippen molar-refractivity contribution in [2.75, 3.05) is 13.2 Å². The number of nitrogens with zero attached hydrogens (tertiary/aromatic N) is 1. The maximum absolute atomic E-state index is 12.3. The Hall–Kier alpha value is -2.90. The average molecular weight is 463 g/mol. The van der Waals surface area contributed by atoms with Crippen LogP contribution in [0.3, 0.4) is 0 Å². The molecule has 9 heteroatoms. The fraction of sp³-hybridized carbons (Fsp3) is 0.273. The summed E-state index contributed by atoms with van der Waals surface area (Å²) < 4.78 is 5.12. The average Bonchev–Trinajstić information content (AvgIpc) is 3.10. The van der Waals surface area contributed by atoms with Crippen molar-refractivity contribution in [2.24, 2.45) is 5.92 Å². The van der Waals surface area contributed by atoms with Crippen LogP contribution in [0.1, 0.15) is 38.3 Å². The fourth-order valence-electron chi connectivity index (χ4n) is 3.05. The van der Waals surface area contributed by atoms with Gasteiger partial charge in [0.15, 0.2) is 12.4 Å². The lowest BCUT2D eigenvalue weighted by Gasteiger charge is -2.17. The second-order valence-corrected chi connectivity index (χ2v) is 8.12. The third kappa shape index (κ3) is 5.42. The Balaban J connectivity index is 1.54. The minimum absolute atomic E-state index is 0.0530. The van der Waals surface area contributed by atoms with Crippen molar-refractivity contribution in [3.63, 3.8) is 0 Å². The lowest BCUT2D eigenvalue weighted by atomic mass is 10.0. The molecule has 1 heterocycles. The van der Waals surface area contributed by atoms with Crippen molar-refractivity contribution in [1.29, 1.82) is 0 Å². The summed E-state index contributed by atoms with van der Waals surface area (Å²) in [7, 11) is 0. The van der Waals surface area contributed by atoms with Crippen molar-refractivity contribution >= 4 is 46.8 Å². The molecule has 2 aromatic carbocycles. The molecule has 1 unspecified atom stereocenters. The maximum atomic E-state index is 12.3. The summed E-state index contributed by atoms with van der Waals surface area (Å²) in [4.78, 5) is 49.1. The predicted molar refractivity (Wildman–Crippen MR) is 115 cm³/mol. The zero-order chi connectivity index (χ0) is 22.7. The fourth-order valence-corrected chi connectivity index (χ4v) is 3.35. The number of ketones is 1. The number of rotatable bonds is 6. The molecule has 31 heavy (non-hydrogen) atoms. The van der Waals surface area contributed by atoms with E-state index in [-0.39, 0.29) is 29.3 Å². The number of hydrazine groups is 1. The van der Waals surface area contributed by atoms with Crippen molar-refractivity contribution in [3.05, 3.63) is 68.7 Å². The minimum atomic E-state index is -0.783. The van der Waals surface area contributed by atoms with Gasteiger partial charge < -0.3 is 4.74 Å². The molecule has 1 N–H and O–H groups in total. The third-order valence-electron chi connectivity index (χ3n) is 5.05. The normalized spacial score (nSPS) is 15.7. The van der Waals surface area contributed by atoms with E-state index in [1.54, 1.807) is 12.1 Å². The first-order chi connectivity index (χ1) is 14.7. The molecule has 1 saturated heterocycles. The van der Waals surface area contributed by atoms with Crippen LogP contribution >= 0.6 is 23.2 Å². The third-order valence-corrected chi connectivity index (χ3v) is 5.79. The van der Waals surface area contributed by atoms with Gasteiger partial charge in [-0.15, -0.1) is 0 Å². The van der Waals surface area contributed by atoms with Gasteiger partial charge in [0.25, 0.3) is 5.91 Å². The largest absolute Gasteiger partial charge is 0.457 e. The first-order valence-electron chi connectivity index (χ1n) is 9.49. The Morgan fingerprint density at radius 3 is 2.42 bits per heavy atom. The number of esters is 1. The maximum Gasteiger partial charge on any atom is 0.311 e. The topological polar surface area (TPSA) is 92.8 Å². The molecular formula is C22H20Cl2N2O5. The summed E-state index contributed by atoms with van der Waals surface area (Å²) in [6.45, 7) is 3.36. The standard InChI is InChI=1S/C22H20Cl2N2O5/c1-12-3-4-14(7-13(12)2)19(27)11-31-22(30)16-9-20(28)26(10-16)25-21(29)15-5-6-17(23)18(24)8-15/h3-8,16H,9-11H2,1-2H3,(H,25,29). The summed E-state index contributed by atoms with van der Waals surface area (Å²) in [5.74, 6) is -2.78. The second-order valence-electron chi connectivity index (χ2n) is 7.31. The Kier molecular flexibility index (Phi) is 6.97. The van der Waals surface area contributed by atoms with E-state index in [0.29, 0.717) is 10.6 Å². The number of nitrogens with one attached hydrogen (secondary N) is 1. The van der Waals surface area contributed by atoms with Crippen LogP contribution in [-0.2, 0) is 14.3 Å². The highest BCUT2D eigenvalue weighted by Gasteiger charge is 2.36. The van der Waals surface area contributed by atoms with Crippen molar-refractivity contribution in [1.82, 2.24) is 10.4 Å². The number of hydrogen-bond acceptors (Lipinski definition) is 5. The molecule has 2 aromatic rings. The first kappa shape index (κ1) is 22.8. The van der Waals surface area contributed by atoms with Gasteiger partial charge in [-0.1, -0.05) is 35.3 Å². The summed E-state index contributed by atoms with van der Waals surface area (Å²) in [5, 5.41) is 1.56. The molecule has 1 aliphatic heterocycles. The number of carbonyl (C=O) groups is 4. The number of carbonyl (C=O) groups excluding carboxylic acids is 4. The van der Waals surface area contributed by atoms with Crippen LogP contribution in [0.15, 0.2) is 36.4 Å². The van der Waals surface area contributed by atoms with Crippen LogP contribution in [0.5, 0.6) is 0 Å². The van der Waals surface area contributed by atoms with Gasteiger partial charge in [-0.2, -0.15) is 0 Å². The van der Waals surface area contributed by atoms with Gasteiger partial charge in [0.2, 0.25) is 5.91 Å². The first-order valence-corrected chi connectivity index (χ1v) is 10.2. The molecule has 0 saturated carbocycles. The molecule has 0 aromatic heterocycles. The summed E-state index contributed by atoms with van der Waals surface area (Å²) in [5.41, 5.74) is 5.14. The number of benzene rings is 2. The van der Waals surface area contributed by atoms with E-state index >= 15 is 0 Å². The lowest BCUT2D eigenvalue weighted by molar-refractivity contribution is -0.147. The van der Waals surface area contributed by atoms with E-state index in [1.807, 2.05) is 19.9 Å². The smallest absolute Gasteiger partial charge is 0.311 e. The number of ether oxygens (including phenoxy) is 1. The van der Waals surface area contributed by atoms with Crippen LogP contribution in [0, 0.1) is 19.8 Å². The van der Waals surface area contributed by atoms with E-state index in [4.69, 9.17) is 27.9 Å². The monoisotopic (exact) mass is 462 g/mol. The van der Waals surface area contributed by atoms with E-state index in [2.05, 4.69) is 5.43 Å². The van der Waals surface area contributed by atoms with Crippen molar-refractivity contribution in [2.45, 2.75) is 20.3 Å². The molecule has 7 nitrogen and oxygen atoms in total. The van der Waals surface area contributed by atoms with Gasteiger partial charge in [0, 0.05) is 17.5 Å². The Morgan fingerprint density at radius 1 is 1.03 bits per heavy atom. The molecule has 1 aliphatic rings. The van der Waals surface area contributed by atoms with E-state index in [0.717, 1.165) is 16.1 Å². The van der Waals surface area contributed by atoms with Gasteiger partial charge in [-0.3, -0.25) is 29.6 Å². The zero-order valence-electron chi connectivity index (χ0n) is 16.9. The number of halogens is 2. The Bertz CT molecular complexity index is 1070. The van der Waals surface area contributed by atoms with Crippen LogP contribution in [0.4, 0.5) is 0 Å². The molecule has 0 radical (unpaired) electrons. The SMILES string of the molecule is Cc1ccc(C(=O)COC(=O)C2CC(=O)N(NC(=O)c3ccc(Cl)c(Cl)c3)C2)cc1C. The molecule has 0 bridgehead atoms. The summed E-state index contributed by atoms with van der Waals surface area (Å²) in [6.07, 6.45) is -0.127. The Morgan fingerprint density at radius 2 is 1.74 bits per heavy atom. The highest BCUT2D eigenvalue weighted by molar-refractivity contribution is 6.42. The van der Waals surface area contributed by atoms with Gasteiger partial charge in [0.05, 0.1) is 22.5 Å². The highest BCUT2D eigenvalue weighted by atomic mass is 35.5. The van der Waals surface area contributed by atoms with Crippen LogP contribution < -0.4 is 5.43 Å². The molecule has 2 amide bonds. The van der Waals surface area contributed by atoms with Gasteiger partial charge in [-0.25, -0.2) is 0 Å². The predicted octanol–water partition coefficient (Wildman–Crippen LogP) is 3.53. The van der Waals surface area contributed by atoms with Gasteiger partial charge in [0.1, 0.15) is 0 Å². The second kappa shape index (κ2) is 9.49. The van der Waals surface area contributed by atoms with E-state index < -0.39 is 30.3 Å². The van der Waals surface area contributed by atoms with Crippen molar-refractivity contribution in [3.8, 4) is 0 Å². The van der Waals surface area contributed by atoms with Crippen LogP contribution in [-0.4, -0.2) is 41.7 Å². The summed E-state index contributed by atoms with van der Waals surface area (Å²) in [6, 6.07) is 9.56. The molecule has 162 valence electrons. The van der Waals surface area contributed by atoms with Crippen LogP contribution in [0.25, 0.3) is 0 Å². The number of amides is 2. The summed E-state index contributed by atoms with van der Waals surface area (Å²) >= 11 is 11.7. The highest BCUT2D eigenvalue weighted by Crippen LogP contribution is 2.23. The Labute approximate surface area is 189 Å². The zero-order valence-corrected chi connectivity index (χ0v) is 18.4. The number of hydrogen-bond donors (Lipinski definition) is 1. The lowest BCUT2D eigenvalue weighted by Crippen LogP contribution is -2.43. The minimum Gasteiger partial charge on any atom is -0.457 e. The molecule has 1 fully saturated rings. The molecule has 0 aliphatic carbocycles. The molecule has 1 atom stereocenters. The number of Topliss-reactive ketones (excluding diaryl/α,β-unsaturated/α-hetero) is 1. The van der Waals surface area contributed by atoms with E-state index in [9.17, 15) is 19.2 Å².